The number of rotatable bonds is 6. The molecule has 0 amide bonds. The maximum Gasteiger partial charge on any atom is -0.00158 e. The van der Waals surface area contributed by atoms with Crippen molar-refractivity contribution in [1.82, 2.24) is 4.90 Å². The molecule has 0 bridgehead atoms. The van der Waals surface area contributed by atoms with Crippen LogP contribution in [0.3, 0.4) is 0 Å². The number of hydrogen-bond donors (Lipinski definition) is 0. The van der Waals surface area contributed by atoms with E-state index >= 15 is 0 Å². The summed E-state index contributed by atoms with van der Waals surface area (Å²) in [7, 11) is 0. The van der Waals surface area contributed by atoms with Gasteiger partial charge in [-0.05, 0) is 62.2 Å². The molecule has 15 heavy (non-hydrogen) atoms. The first kappa shape index (κ1) is 13.4. The molecule has 90 valence electrons. The molecular formula is C13H27NS. The second-order valence-corrected chi connectivity index (χ2v) is 6.45. The van der Waals surface area contributed by atoms with Crippen LogP contribution in [0.5, 0.6) is 0 Å². The summed E-state index contributed by atoms with van der Waals surface area (Å²) in [5, 5.41) is 0. The monoisotopic (exact) mass is 229 g/mol. The molecule has 0 spiro atoms. The normalized spacial score (nSPS) is 20.0. The average Bonchev–Trinajstić information content (AvgIpc) is 2.25. The molecule has 1 saturated heterocycles. The molecule has 0 unspecified atom stereocenters. The SMILES string of the molecule is CCSCC1CCN(CCC(C)C)CC1. The summed E-state index contributed by atoms with van der Waals surface area (Å²) in [6.45, 7) is 10.9. The third-order valence-electron chi connectivity index (χ3n) is 3.29. The highest BCUT2D eigenvalue weighted by Gasteiger charge is 2.18. The van der Waals surface area contributed by atoms with Gasteiger partial charge in [-0.25, -0.2) is 0 Å². The van der Waals surface area contributed by atoms with E-state index in [1.165, 1.54) is 50.4 Å². The van der Waals surface area contributed by atoms with Gasteiger partial charge in [-0.1, -0.05) is 20.8 Å². The van der Waals surface area contributed by atoms with Gasteiger partial charge in [0.05, 0.1) is 0 Å². The molecule has 0 atom stereocenters. The van der Waals surface area contributed by atoms with Crippen molar-refractivity contribution in [1.29, 1.82) is 0 Å². The summed E-state index contributed by atoms with van der Waals surface area (Å²) in [5.74, 6) is 4.55. The van der Waals surface area contributed by atoms with Crippen LogP contribution in [0.15, 0.2) is 0 Å². The largest absolute Gasteiger partial charge is 0.303 e. The molecule has 0 aliphatic carbocycles. The van der Waals surface area contributed by atoms with Crippen LogP contribution in [-0.4, -0.2) is 36.0 Å². The van der Waals surface area contributed by atoms with E-state index in [-0.39, 0.29) is 0 Å². The van der Waals surface area contributed by atoms with Gasteiger partial charge in [-0.3, -0.25) is 0 Å². The summed E-state index contributed by atoms with van der Waals surface area (Å²) >= 11 is 2.12. The smallest absolute Gasteiger partial charge is 0.00158 e. The fourth-order valence-corrected chi connectivity index (χ4v) is 3.00. The highest BCUT2D eigenvalue weighted by atomic mass is 32.2. The predicted octanol–water partition coefficient (Wildman–Crippen LogP) is 3.50. The van der Waals surface area contributed by atoms with Gasteiger partial charge in [0.25, 0.3) is 0 Å². The Labute approximate surface area is 100.0 Å². The molecule has 0 aromatic carbocycles. The van der Waals surface area contributed by atoms with Crippen molar-refractivity contribution in [2.75, 3.05) is 31.1 Å². The van der Waals surface area contributed by atoms with Crippen molar-refractivity contribution in [2.24, 2.45) is 11.8 Å². The molecule has 1 nitrogen and oxygen atoms in total. The Hall–Kier alpha value is 0.310. The van der Waals surface area contributed by atoms with Crippen molar-refractivity contribution in [3.05, 3.63) is 0 Å². The highest BCUT2D eigenvalue weighted by molar-refractivity contribution is 7.99. The lowest BCUT2D eigenvalue weighted by Crippen LogP contribution is -2.35. The van der Waals surface area contributed by atoms with E-state index in [0.717, 1.165) is 11.8 Å². The predicted molar refractivity (Wildman–Crippen MR) is 71.6 cm³/mol. The van der Waals surface area contributed by atoms with E-state index in [1.807, 2.05) is 0 Å². The zero-order valence-electron chi connectivity index (χ0n) is 10.7. The van der Waals surface area contributed by atoms with Crippen molar-refractivity contribution in [3.8, 4) is 0 Å². The van der Waals surface area contributed by atoms with E-state index in [0.29, 0.717) is 0 Å². The van der Waals surface area contributed by atoms with E-state index in [2.05, 4.69) is 37.4 Å². The third kappa shape index (κ3) is 5.82. The molecule has 0 N–H and O–H groups in total. The first-order chi connectivity index (χ1) is 7.22. The molecule has 1 aliphatic rings. The van der Waals surface area contributed by atoms with Gasteiger partial charge in [-0.2, -0.15) is 11.8 Å². The minimum atomic E-state index is 0.860. The van der Waals surface area contributed by atoms with Crippen molar-refractivity contribution < 1.29 is 0 Å². The van der Waals surface area contributed by atoms with Crippen molar-refractivity contribution in [2.45, 2.75) is 40.0 Å². The first-order valence-electron chi connectivity index (χ1n) is 6.52. The van der Waals surface area contributed by atoms with Crippen molar-refractivity contribution >= 4 is 11.8 Å². The van der Waals surface area contributed by atoms with Crippen LogP contribution in [0.25, 0.3) is 0 Å². The standard InChI is InChI=1S/C13H27NS/c1-4-15-11-13-6-9-14(10-7-13)8-5-12(2)3/h12-13H,4-11H2,1-3H3. The molecule has 0 saturated carbocycles. The number of nitrogens with zero attached hydrogens (tertiary/aromatic N) is 1. The average molecular weight is 229 g/mol. The summed E-state index contributed by atoms with van der Waals surface area (Å²) in [4.78, 5) is 2.66. The van der Waals surface area contributed by atoms with Crippen LogP contribution < -0.4 is 0 Å². The topological polar surface area (TPSA) is 3.24 Å². The quantitative estimate of drug-likeness (QED) is 0.686. The number of piperidine rings is 1. The maximum atomic E-state index is 2.66. The minimum absolute atomic E-state index is 0.860. The molecule has 1 rings (SSSR count). The Kier molecular flexibility index (Phi) is 6.74. The van der Waals surface area contributed by atoms with Gasteiger partial charge in [0.2, 0.25) is 0 Å². The zero-order valence-corrected chi connectivity index (χ0v) is 11.5. The van der Waals surface area contributed by atoms with Crippen LogP contribution in [0, 0.1) is 11.8 Å². The molecule has 0 aromatic rings. The Balaban J connectivity index is 2.07. The van der Waals surface area contributed by atoms with E-state index in [4.69, 9.17) is 0 Å². The van der Waals surface area contributed by atoms with Crippen molar-refractivity contribution in [3.63, 3.8) is 0 Å². The summed E-state index contributed by atoms with van der Waals surface area (Å²) in [6.07, 6.45) is 4.24. The van der Waals surface area contributed by atoms with E-state index < -0.39 is 0 Å². The molecule has 1 aliphatic heterocycles. The zero-order chi connectivity index (χ0) is 11.1. The van der Waals surface area contributed by atoms with Crippen LogP contribution in [0.4, 0.5) is 0 Å². The summed E-state index contributed by atoms with van der Waals surface area (Å²) in [6, 6.07) is 0. The second kappa shape index (κ2) is 7.56. The van der Waals surface area contributed by atoms with Crippen LogP contribution in [0.1, 0.15) is 40.0 Å². The molecule has 1 heterocycles. The maximum absolute atomic E-state index is 2.66. The van der Waals surface area contributed by atoms with E-state index in [1.54, 1.807) is 0 Å². The third-order valence-corrected chi connectivity index (χ3v) is 4.40. The van der Waals surface area contributed by atoms with Gasteiger partial charge in [0.1, 0.15) is 0 Å². The van der Waals surface area contributed by atoms with Crippen LogP contribution in [0.2, 0.25) is 0 Å². The first-order valence-corrected chi connectivity index (χ1v) is 7.68. The fourth-order valence-electron chi connectivity index (χ4n) is 2.10. The number of likely N-dealkylation sites (tertiary alicyclic amines) is 1. The minimum Gasteiger partial charge on any atom is -0.303 e. The Bertz CT molecular complexity index is 151. The lowest BCUT2D eigenvalue weighted by Gasteiger charge is -2.32. The van der Waals surface area contributed by atoms with Gasteiger partial charge >= 0.3 is 0 Å². The van der Waals surface area contributed by atoms with Gasteiger partial charge in [-0.15, -0.1) is 0 Å². The second-order valence-electron chi connectivity index (χ2n) is 5.13. The van der Waals surface area contributed by atoms with Crippen LogP contribution in [-0.2, 0) is 0 Å². The Morgan fingerprint density at radius 1 is 1.27 bits per heavy atom. The molecule has 2 heteroatoms. The highest BCUT2D eigenvalue weighted by Crippen LogP contribution is 2.21. The van der Waals surface area contributed by atoms with E-state index in [9.17, 15) is 0 Å². The molecule has 0 radical (unpaired) electrons. The fraction of sp³-hybridized carbons (Fsp3) is 1.00. The number of hydrogen-bond acceptors (Lipinski definition) is 2. The Morgan fingerprint density at radius 2 is 1.93 bits per heavy atom. The molecule has 0 aromatic heterocycles. The molecular weight excluding hydrogens is 202 g/mol. The lowest BCUT2D eigenvalue weighted by molar-refractivity contribution is 0.186. The summed E-state index contributed by atoms with van der Waals surface area (Å²) in [5.41, 5.74) is 0. The molecule has 1 fully saturated rings. The van der Waals surface area contributed by atoms with Crippen LogP contribution >= 0.6 is 11.8 Å². The van der Waals surface area contributed by atoms with Gasteiger partial charge in [0, 0.05) is 0 Å². The van der Waals surface area contributed by atoms with Gasteiger partial charge < -0.3 is 4.90 Å². The summed E-state index contributed by atoms with van der Waals surface area (Å²) < 4.78 is 0. The number of thioether (sulfide) groups is 1. The lowest BCUT2D eigenvalue weighted by atomic mass is 9.98. The van der Waals surface area contributed by atoms with Gasteiger partial charge in [0.15, 0.2) is 0 Å². The Morgan fingerprint density at radius 3 is 2.47 bits per heavy atom.